The van der Waals surface area contributed by atoms with E-state index in [-0.39, 0.29) is 56.5 Å². The fraction of sp³-hybridized carbons (Fsp3) is 0.830. The highest BCUT2D eigenvalue weighted by atomic mass is 16.7. The molecule has 5 N–H and O–H groups in total. The van der Waals surface area contributed by atoms with Crippen molar-refractivity contribution in [2.75, 3.05) is 32.8 Å². The molecule has 378 valence electrons. The molecule has 0 fully saturated rings. The average Bonchev–Trinajstić information content (AvgIpc) is 3.28. The number of hydrogen-bond acceptors (Lipinski definition) is 7. The molecule has 0 heterocycles. The molecule has 0 aliphatic heterocycles. The molecule has 2 unspecified atom stereocenters. The number of rotatable bonds is 46. The SMILES string of the molecule is CCCCCCCCC=CCCCCCCCC(=O)NCC(NC(=O)CCCCCCCC=CCCCCCCCCC)C(=O)NCCOC(C)(C)OCCNC(=O)C(C)NC(=O)CC. The number of amides is 5. The first-order valence-corrected chi connectivity index (χ1v) is 26.4. The van der Waals surface area contributed by atoms with Gasteiger partial charge in [0.15, 0.2) is 5.79 Å². The van der Waals surface area contributed by atoms with Crippen LogP contribution in [0.1, 0.15) is 234 Å². The molecule has 0 saturated heterocycles. The molecular formula is C53H99N5O7. The van der Waals surface area contributed by atoms with E-state index in [1.165, 1.54) is 103 Å². The van der Waals surface area contributed by atoms with Crippen molar-refractivity contribution in [3.05, 3.63) is 24.3 Å². The summed E-state index contributed by atoms with van der Waals surface area (Å²) in [6.07, 6.45) is 42.5. The Bertz CT molecular complexity index is 1260. The third-order valence-corrected chi connectivity index (χ3v) is 11.5. The highest BCUT2D eigenvalue weighted by Crippen LogP contribution is 2.13. The Kier molecular flexibility index (Phi) is 42.4. The largest absolute Gasteiger partial charge is 0.353 e. The first-order valence-electron chi connectivity index (χ1n) is 26.4. The van der Waals surface area contributed by atoms with Crippen molar-refractivity contribution in [3.8, 4) is 0 Å². The zero-order chi connectivity index (χ0) is 48.1. The van der Waals surface area contributed by atoms with Crippen LogP contribution in [0.4, 0.5) is 0 Å². The molecule has 0 bridgehead atoms. The van der Waals surface area contributed by atoms with Crippen LogP contribution in [0.15, 0.2) is 24.3 Å². The zero-order valence-corrected chi connectivity index (χ0v) is 42.6. The second-order valence-electron chi connectivity index (χ2n) is 18.3. The number of unbranched alkanes of at least 4 members (excludes halogenated alkanes) is 23. The van der Waals surface area contributed by atoms with E-state index in [0.717, 1.165) is 70.6 Å². The third kappa shape index (κ3) is 41.9. The minimum absolute atomic E-state index is 0.00980. The summed E-state index contributed by atoms with van der Waals surface area (Å²) in [5.74, 6) is -2.22. The lowest BCUT2D eigenvalue weighted by atomic mass is 10.1. The molecule has 65 heavy (non-hydrogen) atoms. The smallest absolute Gasteiger partial charge is 0.244 e. The van der Waals surface area contributed by atoms with Crippen LogP contribution in [-0.2, 0) is 33.4 Å². The lowest BCUT2D eigenvalue weighted by molar-refractivity contribution is -0.211. The summed E-state index contributed by atoms with van der Waals surface area (Å²) in [5, 5.41) is 13.9. The van der Waals surface area contributed by atoms with Crippen LogP contribution in [0.5, 0.6) is 0 Å². The summed E-state index contributed by atoms with van der Waals surface area (Å²) >= 11 is 0. The van der Waals surface area contributed by atoms with Gasteiger partial charge in [-0.3, -0.25) is 24.0 Å². The molecule has 5 amide bonds. The Balaban J connectivity index is 4.67. The maximum atomic E-state index is 13.3. The van der Waals surface area contributed by atoms with E-state index >= 15 is 0 Å². The van der Waals surface area contributed by atoms with Gasteiger partial charge in [0.1, 0.15) is 12.1 Å². The van der Waals surface area contributed by atoms with Crippen LogP contribution < -0.4 is 26.6 Å². The Morgan fingerprint density at radius 1 is 0.462 bits per heavy atom. The lowest BCUT2D eigenvalue weighted by Crippen LogP contribution is -2.53. The third-order valence-electron chi connectivity index (χ3n) is 11.5. The second-order valence-corrected chi connectivity index (χ2v) is 18.3. The van der Waals surface area contributed by atoms with Gasteiger partial charge in [-0.1, -0.05) is 154 Å². The average molecular weight is 918 g/mol. The van der Waals surface area contributed by atoms with E-state index in [4.69, 9.17) is 9.47 Å². The Hall–Kier alpha value is -3.25. The molecule has 0 rings (SSSR count). The Morgan fingerprint density at radius 3 is 1.28 bits per heavy atom. The Labute approximate surface area is 397 Å². The van der Waals surface area contributed by atoms with Crippen molar-refractivity contribution >= 4 is 29.5 Å². The molecule has 0 radical (unpaired) electrons. The number of carbonyl (C=O) groups excluding carboxylic acids is 5. The molecule has 0 aliphatic carbocycles. The summed E-state index contributed by atoms with van der Waals surface area (Å²) in [6, 6.07) is -1.56. The van der Waals surface area contributed by atoms with E-state index in [1.807, 2.05) is 0 Å². The minimum atomic E-state index is -0.993. The van der Waals surface area contributed by atoms with E-state index in [0.29, 0.717) is 19.3 Å². The van der Waals surface area contributed by atoms with Crippen molar-refractivity contribution in [2.45, 2.75) is 252 Å². The van der Waals surface area contributed by atoms with Gasteiger partial charge in [-0.15, -0.1) is 0 Å². The standard InChI is InChI=1S/C53H99N5O7/c1-7-10-12-14-16-18-20-22-24-26-28-30-32-34-36-38-40-50(61)58-47(45-56-49(60)39-37-35-33-31-29-27-25-23-21-19-17-15-13-11-8-2)52(63)55-42-44-65-53(5,6)64-43-41-54-51(62)46(4)57-48(59)9-3/h23-26,46-47H,7-22,27-45H2,1-6H3,(H,54,62)(H,55,63)(H,56,60)(H,57,59)(H,58,61). The van der Waals surface area contributed by atoms with Gasteiger partial charge in [-0.2, -0.15) is 0 Å². The monoisotopic (exact) mass is 918 g/mol. The number of nitrogens with one attached hydrogen (secondary N) is 5. The maximum absolute atomic E-state index is 13.3. The molecule has 12 heteroatoms. The van der Waals surface area contributed by atoms with E-state index < -0.39 is 23.8 Å². The van der Waals surface area contributed by atoms with Gasteiger partial charge in [0, 0.05) is 38.9 Å². The molecule has 0 aromatic heterocycles. The van der Waals surface area contributed by atoms with Crippen molar-refractivity contribution in [1.29, 1.82) is 0 Å². The molecule has 12 nitrogen and oxygen atoms in total. The van der Waals surface area contributed by atoms with Crippen LogP contribution in [0, 0.1) is 0 Å². The van der Waals surface area contributed by atoms with Crippen LogP contribution in [0.3, 0.4) is 0 Å². The second kappa shape index (κ2) is 44.6. The fourth-order valence-corrected chi connectivity index (χ4v) is 7.34. The summed E-state index contributed by atoms with van der Waals surface area (Å²) in [6.45, 7) is 12.1. The Morgan fingerprint density at radius 2 is 0.846 bits per heavy atom. The van der Waals surface area contributed by atoms with Gasteiger partial charge in [0.05, 0.1) is 13.2 Å². The maximum Gasteiger partial charge on any atom is 0.244 e. The quantitative estimate of drug-likeness (QED) is 0.0230. The van der Waals surface area contributed by atoms with Crippen molar-refractivity contribution in [2.24, 2.45) is 0 Å². The number of allylic oxidation sites excluding steroid dienone is 4. The number of hydrogen-bond donors (Lipinski definition) is 5. The molecule has 0 aromatic rings. The predicted octanol–water partition coefficient (Wildman–Crippen LogP) is 11.0. The summed E-state index contributed by atoms with van der Waals surface area (Å²) < 4.78 is 11.6. The first-order chi connectivity index (χ1) is 31.4. The number of carbonyl (C=O) groups is 5. The van der Waals surface area contributed by atoms with E-state index in [1.54, 1.807) is 27.7 Å². The molecule has 2 atom stereocenters. The van der Waals surface area contributed by atoms with Gasteiger partial charge >= 0.3 is 0 Å². The molecule has 0 saturated carbocycles. The topological polar surface area (TPSA) is 164 Å². The molecule has 0 aliphatic rings. The van der Waals surface area contributed by atoms with Gasteiger partial charge in [-0.25, -0.2) is 0 Å². The normalized spacial score (nSPS) is 12.6. The van der Waals surface area contributed by atoms with Crippen LogP contribution in [-0.4, -0.2) is 80.3 Å². The summed E-state index contributed by atoms with van der Waals surface area (Å²) in [5.41, 5.74) is 0. The highest BCUT2D eigenvalue weighted by molar-refractivity contribution is 5.88. The van der Waals surface area contributed by atoms with Crippen LogP contribution in [0.2, 0.25) is 0 Å². The van der Waals surface area contributed by atoms with Gasteiger partial charge < -0.3 is 36.1 Å². The van der Waals surface area contributed by atoms with Crippen LogP contribution >= 0.6 is 0 Å². The van der Waals surface area contributed by atoms with Crippen molar-refractivity contribution in [3.63, 3.8) is 0 Å². The fourth-order valence-electron chi connectivity index (χ4n) is 7.34. The number of ether oxygens (including phenoxy) is 2. The highest BCUT2D eigenvalue weighted by Gasteiger charge is 2.23. The predicted molar refractivity (Wildman–Crippen MR) is 268 cm³/mol. The van der Waals surface area contributed by atoms with Gasteiger partial charge in [0.25, 0.3) is 0 Å². The van der Waals surface area contributed by atoms with E-state index in [9.17, 15) is 24.0 Å². The summed E-state index contributed by atoms with van der Waals surface area (Å²) in [7, 11) is 0. The van der Waals surface area contributed by atoms with Crippen molar-refractivity contribution in [1.82, 2.24) is 26.6 Å². The van der Waals surface area contributed by atoms with Crippen molar-refractivity contribution < 1.29 is 33.4 Å². The molecule has 0 spiro atoms. The minimum Gasteiger partial charge on any atom is -0.353 e. The molecule has 0 aromatic carbocycles. The van der Waals surface area contributed by atoms with E-state index in [2.05, 4.69) is 64.7 Å². The lowest BCUT2D eigenvalue weighted by Gasteiger charge is -2.26. The summed E-state index contributed by atoms with van der Waals surface area (Å²) in [4.78, 5) is 62.9. The first kappa shape index (κ1) is 61.8. The molecular weight excluding hydrogens is 819 g/mol. The van der Waals surface area contributed by atoms with Gasteiger partial charge in [0.2, 0.25) is 29.5 Å². The van der Waals surface area contributed by atoms with Crippen LogP contribution in [0.25, 0.3) is 0 Å². The van der Waals surface area contributed by atoms with Gasteiger partial charge in [-0.05, 0) is 85.0 Å². The zero-order valence-electron chi connectivity index (χ0n) is 42.6.